The number of carbonyl (C=O) groups is 1. The molecule has 0 saturated carbocycles. The van der Waals surface area contributed by atoms with Crippen molar-refractivity contribution in [1.29, 1.82) is 0 Å². The summed E-state index contributed by atoms with van der Waals surface area (Å²) >= 11 is 0. The molecule has 16 heavy (non-hydrogen) atoms. The number of hydrogen-bond acceptors (Lipinski definition) is 2. The number of nitrogens with two attached hydrogens (primary N) is 1. The van der Waals surface area contributed by atoms with Gasteiger partial charge in [0.2, 0.25) is 5.91 Å². The van der Waals surface area contributed by atoms with E-state index in [2.05, 4.69) is 6.07 Å². The van der Waals surface area contributed by atoms with Crippen LogP contribution in [0.3, 0.4) is 0 Å². The zero-order chi connectivity index (χ0) is 12.5. The Morgan fingerprint density at radius 3 is 2.00 bits per heavy atom. The molecule has 0 aromatic heterocycles. The molecule has 0 spiro atoms. The summed E-state index contributed by atoms with van der Waals surface area (Å²) in [6.07, 6.45) is 0. The molecule has 0 atom stereocenters. The van der Waals surface area contributed by atoms with Crippen molar-refractivity contribution in [1.82, 2.24) is 0 Å². The third-order valence-corrected chi connectivity index (χ3v) is 2.45. The lowest BCUT2D eigenvalue weighted by Gasteiger charge is -2.26. The van der Waals surface area contributed by atoms with Gasteiger partial charge in [-0.25, -0.2) is 0 Å². The molecule has 0 aliphatic rings. The number of anilines is 1. The number of amides is 1. The molecule has 0 aliphatic carbocycles. The number of nitrogens with zero attached hydrogens (tertiary/aromatic N) is 1. The lowest BCUT2D eigenvalue weighted by atomic mass is 10.0. The van der Waals surface area contributed by atoms with Gasteiger partial charge in [0.1, 0.15) is 0 Å². The van der Waals surface area contributed by atoms with E-state index in [0.29, 0.717) is 0 Å². The fourth-order valence-electron chi connectivity index (χ4n) is 1.69. The van der Waals surface area contributed by atoms with Crippen molar-refractivity contribution in [2.45, 2.75) is 33.2 Å². The average molecular weight is 220 g/mol. The second kappa shape index (κ2) is 4.26. The van der Waals surface area contributed by atoms with Crippen molar-refractivity contribution in [2.75, 3.05) is 11.9 Å². The van der Waals surface area contributed by atoms with Crippen LogP contribution < -0.4 is 10.6 Å². The summed E-state index contributed by atoms with van der Waals surface area (Å²) in [7, 11) is 1.76. The molecule has 0 fully saturated rings. The quantitative estimate of drug-likeness (QED) is 0.828. The Morgan fingerprint density at radius 1 is 1.19 bits per heavy atom. The molecule has 3 heteroatoms. The van der Waals surface area contributed by atoms with Crippen LogP contribution in [-0.4, -0.2) is 18.5 Å². The van der Waals surface area contributed by atoms with Gasteiger partial charge in [0.05, 0.1) is 5.54 Å². The maximum absolute atomic E-state index is 12.0. The molecule has 0 aliphatic heterocycles. The van der Waals surface area contributed by atoms with E-state index in [1.165, 1.54) is 0 Å². The molecule has 1 aromatic rings. The first-order valence-electron chi connectivity index (χ1n) is 5.37. The topological polar surface area (TPSA) is 46.3 Å². The summed E-state index contributed by atoms with van der Waals surface area (Å²) < 4.78 is 0. The second-order valence-electron chi connectivity index (χ2n) is 4.93. The van der Waals surface area contributed by atoms with Crippen LogP contribution >= 0.6 is 0 Å². The summed E-state index contributed by atoms with van der Waals surface area (Å²) in [6.45, 7) is 7.47. The predicted octanol–water partition coefficient (Wildman–Crippen LogP) is 2.00. The van der Waals surface area contributed by atoms with Gasteiger partial charge in [-0.15, -0.1) is 0 Å². The summed E-state index contributed by atoms with van der Waals surface area (Å²) in [5.41, 5.74) is 8.14. The van der Waals surface area contributed by atoms with E-state index in [1.54, 1.807) is 25.8 Å². The maximum atomic E-state index is 12.0. The normalized spacial score (nSPS) is 11.4. The van der Waals surface area contributed by atoms with Gasteiger partial charge in [0.25, 0.3) is 0 Å². The van der Waals surface area contributed by atoms with Crippen LogP contribution in [-0.2, 0) is 4.79 Å². The highest BCUT2D eigenvalue weighted by Gasteiger charge is 2.26. The van der Waals surface area contributed by atoms with Crippen molar-refractivity contribution in [2.24, 2.45) is 5.73 Å². The molecule has 1 amide bonds. The third-order valence-electron chi connectivity index (χ3n) is 2.45. The van der Waals surface area contributed by atoms with E-state index in [4.69, 9.17) is 5.73 Å². The monoisotopic (exact) mass is 220 g/mol. The number of aryl methyl sites for hydroxylation is 2. The number of likely N-dealkylation sites (N-methyl/N-ethyl adjacent to an activating group) is 1. The van der Waals surface area contributed by atoms with Crippen molar-refractivity contribution in [3.05, 3.63) is 29.3 Å². The highest BCUT2D eigenvalue weighted by Crippen LogP contribution is 2.19. The fourth-order valence-corrected chi connectivity index (χ4v) is 1.69. The van der Waals surface area contributed by atoms with Gasteiger partial charge in [-0.3, -0.25) is 4.79 Å². The summed E-state index contributed by atoms with van der Waals surface area (Å²) in [5.74, 6) is -0.0856. The molecular formula is C13H20N2O. The van der Waals surface area contributed by atoms with Crippen LogP contribution in [0.1, 0.15) is 25.0 Å². The zero-order valence-electron chi connectivity index (χ0n) is 10.7. The predicted molar refractivity (Wildman–Crippen MR) is 67.6 cm³/mol. The van der Waals surface area contributed by atoms with E-state index in [0.717, 1.165) is 16.8 Å². The van der Waals surface area contributed by atoms with E-state index < -0.39 is 5.54 Å². The Morgan fingerprint density at radius 2 is 1.62 bits per heavy atom. The molecule has 88 valence electrons. The number of carbonyl (C=O) groups excluding carboxylic acids is 1. The SMILES string of the molecule is Cc1cc(C)cc(N(C)C(=O)C(C)(C)N)c1. The number of rotatable bonds is 2. The van der Waals surface area contributed by atoms with Gasteiger partial charge in [-0.05, 0) is 51.0 Å². The molecule has 3 nitrogen and oxygen atoms in total. The first-order valence-corrected chi connectivity index (χ1v) is 5.37. The molecule has 2 N–H and O–H groups in total. The van der Waals surface area contributed by atoms with Crippen molar-refractivity contribution in [3.8, 4) is 0 Å². The van der Waals surface area contributed by atoms with Gasteiger partial charge < -0.3 is 10.6 Å². The van der Waals surface area contributed by atoms with E-state index in [1.807, 2.05) is 26.0 Å². The molecule has 1 aromatic carbocycles. The summed E-state index contributed by atoms with van der Waals surface area (Å²) in [5, 5.41) is 0. The van der Waals surface area contributed by atoms with Crippen LogP contribution in [0.5, 0.6) is 0 Å². The Labute approximate surface area is 97.2 Å². The first kappa shape index (κ1) is 12.7. The molecule has 0 saturated heterocycles. The Bertz CT molecular complexity index is 385. The molecule has 0 heterocycles. The lowest BCUT2D eigenvalue weighted by Crippen LogP contribution is -2.50. The highest BCUT2D eigenvalue weighted by atomic mass is 16.2. The summed E-state index contributed by atoms with van der Waals surface area (Å²) in [6, 6.07) is 6.04. The molecule has 0 unspecified atom stereocenters. The van der Waals surface area contributed by atoms with Crippen LogP contribution in [0.25, 0.3) is 0 Å². The van der Waals surface area contributed by atoms with Crippen molar-refractivity contribution < 1.29 is 4.79 Å². The Kier molecular flexibility index (Phi) is 3.38. The largest absolute Gasteiger partial charge is 0.318 e. The lowest BCUT2D eigenvalue weighted by molar-refractivity contribution is -0.122. The minimum Gasteiger partial charge on any atom is -0.318 e. The Balaban J connectivity index is 3.05. The van der Waals surface area contributed by atoms with Crippen LogP contribution in [0.2, 0.25) is 0 Å². The van der Waals surface area contributed by atoms with Gasteiger partial charge in [-0.2, -0.15) is 0 Å². The van der Waals surface area contributed by atoms with Crippen molar-refractivity contribution in [3.63, 3.8) is 0 Å². The highest BCUT2D eigenvalue weighted by molar-refractivity contribution is 5.99. The average Bonchev–Trinajstić information content (AvgIpc) is 2.12. The fraction of sp³-hybridized carbons (Fsp3) is 0.462. The van der Waals surface area contributed by atoms with E-state index in [9.17, 15) is 4.79 Å². The van der Waals surface area contributed by atoms with Crippen LogP contribution in [0.15, 0.2) is 18.2 Å². The Hall–Kier alpha value is -1.35. The van der Waals surface area contributed by atoms with Crippen molar-refractivity contribution >= 4 is 11.6 Å². The molecule has 1 rings (SSSR count). The maximum Gasteiger partial charge on any atom is 0.246 e. The summed E-state index contributed by atoms with van der Waals surface area (Å²) in [4.78, 5) is 13.6. The zero-order valence-corrected chi connectivity index (χ0v) is 10.7. The second-order valence-corrected chi connectivity index (χ2v) is 4.93. The van der Waals surface area contributed by atoms with E-state index >= 15 is 0 Å². The number of benzene rings is 1. The van der Waals surface area contributed by atoms with Gasteiger partial charge in [-0.1, -0.05) is 6.07 Å². The number of hydrogen-bond donors (Lipinski definition) is 1. The minimum absolute atomic E-state index is 0.0856. The molecule has 0 bridgehead atoms. The standard InChI is InChI=1S/C13H20N2O/c1-9-6-10(2)8-11(7-9)15(5)12(16)13(3,4)14/h6-8H,14H2,1-5H3. The molecule has 0 radical (unpaired) electrons. The van der Waals surface area contributed by atoms with Crippen LogP contribution in [0, 0.1) is 13.8 Å². The minimum atomic E-state index is -0.841. The first-order chi connectivity index (χ1) is 7.21. The van der Waals surface area contributed by atoms with E-state index in [-0.39, 0.29) is 5.91 Å². The van der Waals surface area contributed by atoms with Gasteiger partial charge >= 0.3 is 0 Å². The third kappa shape index (κ3) is 2.83. The van der Waals surface area contributed by atoms with Crippen LogP contribution in [0.4, 0.5) is 5.69 Å². The van der Waals surface area contributed by atoms with Gasteiger partial charge in [0, 0.05) is 12.7 Å². The smallest absolute Gasteiger partial charge is 0.246 e. The van der Waals surface area contributed by atoms with Gasteiger partial charge in [0.15, 0.2) is 0 Å². The molecular weight excluding hydrogens is 200 g/mol.